The van der Waals surface area contributed by atoms with Crippen molar-refractivity contribution in [1.29, 1.82) is 5.41 Å². The zero-order valence-electron chi connectivity index (χ0n) is 17.4. The summed E-state index contributed by atoms with van der Waals surface area (Å²) in [6.45, 7) is 5.86. The van der Waals surface area contributed by atoms with Crippen LogP contribution < -0.4 is 5.73 Å². The number of carbonyl (C=O) groups is 1. The van der Waals surface area contributed by atoms with Crippen molar-refractivity contribution >= 4 is 28.7 Å². The van der Waals surface area contributed by atoms with Crippen molar-refractivity contribution < 1.29 is 4.79 Å². The molecule has 0 radical (unpaired) electrons. The molecule has 30 heavy (non-hydrogen) atoms. The van der Waals surface area contributed by atoms with Crippen molar-refractivity contribution in [3.8, 4) is 0 Å². The Bertz CT molecular complexity index is 1110. The summed E-state index contributed by atoms with van der Waals surface area (Å²) < 4.78 is 2.21. The van der Waals surface area contributed by atoms with Crippen LogP contribution in [0, 0.1) is 11.3 Å². The Hall–Kier alpha value is -3.41. The third-order valence-electron chi connectivity index (χ3n) is 5.94. The lowest BCUT2D eigenvalue weighted by molar-refractivity contribution is 0.0649. The smallest absolute Gasteiger partial charge is 0.254 e. The van der Waals surface area contributed by atoms with E-state index in [-0.39, 0.29) is 11.4 Å². The molecule has 1 saturated heterocycles. The molecule has 154 valence electrons. The molecule has 4 rings (SSSR count). The largest absolute Gasteiger partial charge is 0.404 e. The summed E-state index contributed by atoms with van der Waals surface area (Å²) in [6.07, 6.45) is 5.61. The highest BCUT2D eigenvalue weighted by Crippen LogP contribution is 2.35. The number of aromatic nitrogens is 2. The van der Waals surface area contributed by atoms with E-state index < -0.39 is 0 Å². The topological polar surface area (TPSA) is 88.0 Å². The van der Waals surface area contributed by atoms with Gasteiger partial charge in [-0.25, -0.2) is 4.98 Å². The predicted molar refractivity (Wildman–Crippen MR) is 120 cm³/mol. The van der Waals surface area contributed by atoms with Crippen LogP contribution in [0.4, 0.5) is 0 Å². The van der Waals surface area contributed by atoms with Gasteiger partial charge in [0.15, 0.2) is 0 Å². The molecule has 1 fully saturated rings. The molecular weight excluding hydrogens is 374 g/mol. The van der Waals surface area contributed by atoms with E-state index in [0.717, 1.165) is 36.1 Å². The van der Waals surface area contributed by atoms with Crippen molar-refractivity contribution in [2.24, 2.45) is 11.7 Å². The van der Waals surface area contributed by atoms with E-state index in [2.05, 4.69) is 23.4 Å². The van der Waals surface area contributed by atoms with Gasteiger partial charge in [-0.1, -0.05) is 18.2 Å². The molecule has 1 unspecified atom stereocenters. The van der Waals surface area contributed by atoms with Gasteiger partial charge in [-0.2, -0.15) is 0 Å². The molecule has 1 amide bonds. The Morgan fingerprint density at radius 3 is 2.70 bits per heavy atom. The molecule has 6 nitrogen and oxygen atoms in total. The molecule has 6 heteroatoms. The lowest BCUT2D eigenvalue weighted by Crippen LogP contribution is -2.42. The first-order valence-corrected chi connectivity index (χ1v) is 10.2. The molecule has 1 aliphatic rings. The number of fused-ring (bicyclic) bond motifs is 1. The molecule has 2 aromatic heterocycles. The Kier molecular flexibility index (Phi) is 5.16. The van der Waals surface area contributed by atoms with Crippen LogP contribution in [0.25, 0.3) is 16.6 Å². The van der Waals surface area contributed by atoms with Crippen LogP contribution in [0.2, 0.25) is 0 Å². The lowest BCUT2D eigenvalue weighted by atomic mass is 9.96. The lowest BCUT2D eigenvalue weighted by Gasteiger charge is -2.31. The Morgan fingerprint density at radius 2 is 2.00 bits per heavy atom. The molecule has 3 N–H and O–H groups in total. The maximum Gasteiger partial charge on any atom is 0.254 e. The van der Waals surface area contributed by atoms with Gasteiger partial charge in [-0.3, -0.25) is 4.79 Å². The van der Waals surface area contributed by atoms with Gasteiger partial charge in [0, 0.05) is 48.4 Å². The molecule has 3 aromatic rings. The van der Waals surface area contributed by atoms with Crippen molar-refractivity contribution in [3.63, 3.8) is 0 Å². The summed E-state index contributed by atoms with van der Waals surface area (Å²) in [7, 11) is 0. The van der Waals surface area contributed by atoms with Gasteiger partial charge < -0.3 is 20.6 Å². The number of hydrogen-bond acceptors (Lipinski definition) is 4. The number of likely N-dealkylation sites (tertiary alicyclic amines) is 1. The molecule has 1 aromatic carbocycles. The predicted octanol–water partition coefficient (Wildman–Crippen LogP) is 3.93. The summed E-state index contributed by atoms with van der Waals surface area (Å²) in [4.78, 5) is 19.7. The first-order valence-electron chi connectivity index (χ1n) is 10.2. The first kappa shape index (κ1) is 19.9. The van der Waals surface area contributed by atoms with E-state index in [4.69, 9.17) is 11.1 Å². The fourth-order valence-electron chi connectivity index (χ4n) is 4.48. The van der Waals surface area contributed by atoms with Crippen molar-refractivity contribution in [2.75, 3.05) is 6.54 Å². The second-order valence-corrected chi connectivity index (χ2v) is 8.50. The normalized spacial score (nSPS) is 18.7. The van der Waals surface area contributed by atoms with Gasteiger partial charge in [-0.15, -0.1) is 0 Å². The van der Waals surface area contributed by atoms with Gasteiger partial charge in [0.2, 0.25) is 0 Å². The minimum absolute atomic E-state index is 0.0968. The van der Waals surface area contributed by atoms with E-state index >= 15 is 0 Å². The van der Waals surface area contributed by atoms with Crippen LogP contribution in [0.3, 0.4) is 0 Å². The Morgan fingerprint density at radius 1 is 1.23 bits per heavy atom. The molecule has 0 saturated carbocycles. The Labute approximate surface area is 176 Å². The average Bonchev–Trinajstić information content (AvgIpc) is 3.28. The van der Waals surface area contributed by atoms with Gasteiger partial charge in [-0.05, 0) is 56.5 Å². The summed E-state index contributed by atoms with van der Waals surface area (Å²) in [5.41, 5.74) is 9.36. The zero-order chi connectivity index (χ0) is 21.3. The van der Waals surface area contributed by atoms with Gasteiger partial charge in [0.1, 0.15) is 0 Å². The van der Waals surface area contributed by atoms with E-state index in [9.17, 15) is 4.79 Å². The van der Waals surface area contributed by atoms with E-state index in [0.29, 0.717) is 17.2 Å². The van der Waals surface area contributed by atoms with Crippen LogP contribution >= 0.6 is 0 Å². The average molecular weight is 402 g/mol. The highest BCUT2D eigenvalue weighted by Gasteiger charge is 2.41. The van der Waals surface area contributed by atoms with Crippen molar-refractivity contribution in [1.82, 2.24) is 14.5 Å². The number of amides is 1. The highest BCUT2D eigenvalue weighted by molar-refractivity contribution is 6.07. The van der Waals surface area contributed by atoms with Crippen LogP contribution in [0.5, 0.6) is 0 Å². The van der Waals surface area contributed by atoms with Crippen LogP contribution in [0.1, 0.15) is 36.3 Å². The van der Waals surface area contributed by atoms with Gasteiger partial charge >= 0.3 is 0 Å². The second kappa shape index (κ2) is 7.78. The van der Waals surface area contributed by atoms with E-state index in [1.807, 2.05) is 59.6 Å². The number of carbonyl (C=O) groups excluding carboxylic acids is 1. The highest BCUT2D eigenvalue weighted by atomic mass is 16.2. The Balaban J connectivity index is 1.54. The molecule has 1 atom stereocenters. The summed E-state index contributed by atoms with van der Waals surface area (Å²) in [6, 6.07) is 15.4. The molecular formula is C24H27N5O. The molecule has 0 bridgehead atoms. The number of allylic oxidation sites excluding steroid dienone is 1. The SMILES string of the molecule is CC1(C)CC(Cn2ccc3nc(/C(C=N)=C/N)ccc32)CN1C(=O)c1ccccc1. The number of nitrogens with two attached hydrogens (primary N) is 1. The molecule has 0 aliphatic carbocycles. The zero-order valence-corrected chi connectivity index (χ0v) is 17.4. The van der Waals surface area contributed by atoms with Crippen molar-refractivity contribution in [3.05, 3.63) is 72.2 Å². The number of benzene rings is 1. The van der Waals surface area contributed by atoms with Gasteiger partial charge in [0.05, 0.1) is 16.7 Å². The number of pyridine rings is 1. The molecule has 0 spiro atoms. The maximum absolute atomic E-state index is 13.1. The second-order valence-electron chi connectivity index (χ2n) is 8.50. The summed E-state index contributed by atoms with van der Waals surface area (Å²) in [5, 5.41) is 7.46. The van der Waals surface area contributed by atoms with Crippen LogP contribution in [-0.4, -0.2) is 38.7 Å². The number of nitrogens with zero attached hydrogens (tertiary/aromatic N) is 3. The van der Waals surface area contributed by atoms with E-state index in [1.165, 1.54) is 12.4 Å². The fourth-order valence-corrected chi connectivity index (χ4v) is 4.48. The maximum atomic E-state index is 13.1. The first-order chi connectivity index (χ1) is 14.4. The van der Waals surface area contributed by atoms with Crippen molar-refractivity contribution in [2.45, 2.75) is 32.4 Å². The number of hydrogen-bond donors (Lipinski definition) is 2. The van der Waals surface area contributed by atoms with Crippen LogP contribution in [-0.2, 0) is 6.54 Å². The fraction of sp³-hybridized carbons (Fsp3) is 0.292. The summed E-state index contributed by atoms with van der Waals surface area (Å²) in [5.74, 6) is 0.462. The third-order valence-corrected chi connectivity index (χ3v) is 5.94. The standard InChI is InChI=1S/C24H27N5O/c1-24(2)12-17(16-29(24)23(30)18-6-4-3-5-7-18)15-28-11-10-21-22(28)9-8-20(27-21)19(13-25)14-26/h3-11,13-14,17,25H,12,15-16,26H2,1-2H3/b19-14+,25-13?. The molecule has 1 aliphatic heterocycles. The minimum Gasteiger partial charge on any atom is -0.404 e. The number of nitrogens with one attached hydrogen (secondary N) is 1. The third kappa shape index (κ3) is 3.61. The minimum atomic E-state index is -0.184. The van der Waals surface area contributed by atoms with Crippen LogP contribution in [0.15, 0.2) is 60.9 Å². The van der Waals surface area contributed by atoms with Gasteiger partial charge in [0.25, 0.3) is 5.91 Å². The molecule has 3 heterocycles. The monoisotopic (exact) mass is 401 g/mol. The summed E-state index contributed by atoms with van der Waals surface area (Å²) >= 11 is 0. The quantitative estimate of drug-likeness (QED) is 0.635. The number of rotatable bonds is 5. The van der Waals surface area contributed by atoms with E-state index in [1.54, 1.807) is 0 Å².